The van der Waals surface area contributed by atoms with Crippen molar-refractivity contribution in [3.63, 3.8) is 0 Å². The molecule has 1 atom stereocenters. The van der Waals surface area contributed by atoms with E-state index in [1.807, 2.05) is 0 Å². The maximum absolute atomic E-state index is 11.7. The molecular weight excluding hydrogens is 208 g/mol. The molecule has 0 aromatic rings. The lowest BCUT2D eigenvalue weighted by atomic mass is 10.2. The predicted molar refractivity (Wildman–Crippen MR) is 59.7 cm³/mol. The number of hydrogen-bond donors (Lipinski definition) is 2. The molecule has 5 heteroatoms. The zero-order valence-corrected chi connectivity index (χ0v) is 9.74. The van der Waals surface area contributed by atoms with Gasteiger partial charge in [0.2, 0.25) is 0 Å². The van der Waals surface area contributed by atoms with Crippen molar-refractivity contribution in [2.75, 3.05) is 19.6 Å². The molecule has 0 aliphatic carbocycles. The minimum Gasteiger partial charge on any atom is -0.392 e. The molecule has 5 nitrogen and oxygen atoms in total. The van der Waals surface area contributed by atoms with Gasteiger partial charge in [-0.1, -0.05) is 12.8 Å². The molecule has 0 spiro atoms. The van der Waals surface area contributed by atoms with Crippen molar-refractivity contribution in [3.8, 4) is 0 Å². The summed E-state index contributed by atoms with van der Waals surface area (Å²) in [6, 6.07) is 0. The Morgan fingerprint density at radius 3 is 2.31 bits per heavy atom. The lowest BCUT2D eigenvalue weighted by Crippen LogP contribution is -2.45. The molecule has 92 valence electrons. The van der Waals surface area contributed by atoms with Gasteiger partial charge in [0.15, 0.2) is 0 Å². The SMILES string of the molecule is CC(O)CNC(=O)C(=O)N1CCCCCC1. The minimum absolute atomic E-state index is 0.123. The first-order valence-electron chi connectivity index (χ1n) is 5.86. The summed E-state index contributed by atoms with van der Waals surface area (Å²) in [5.41, 5.74) is 0. The Kier molecular flexibility index (Phi) is 5.25. The largest absolute Gasteiger partial charge is 0.392 e. The topological polar surface area (TPSA) is 69.6 Å². The second-order valence-electron chi connectivity index (χ2n) is 4.27. The van der Waals surface area contributed by atoms with Crippen molar-refractivity contribution >= 4 is 11.8 Å². The Hall–Kier alpha value is -1.10. The summed E-state index contributed by atoms with van der Waals surface area (Å²) in [6.45, 7) is 3.02. The lowest BCUT2D eigenvalue weighted by Gasteiger charge is -2.19. The van der Waals surface area contributed by atoms with E-state index in [1.165, 1.54) is 0 Å². The van der Waals surface area contributed by atoms with Crippen LogP contribution in [0.3, 0.4) is 0 Å². The van der Waals surface area contributed by atoms with Gasteiger partial charge in [0.05, 0.1) is 6.10 Å². The molecule has 0 radical (unpaired) electrons. The molecule has 1 saturated heterocycles. The van der Waals surface area contributed by atoms with Crippen LogP contribution < -0.4 is 5.32 Å². The summed E-state index contributed by atoms with van der Waals surface area (Å²) < 4.78 is 0. The summed E-state index contributed by atoms with van der Waals surface area (Å²) in [5, 5.41) is 11.4. The zero-order chi connectivity index (χ0) is 12.0. The normalized spacial score (nSPS) is 18.8. The third-order valence-electron chi connectivity index (χ3n) is 2.65. The van der Waals surface area contributed by atoms with Crippen molar-refractivity contribution in [1.29, 1.82) is 0 Å². The minimum atomic E-state index is -0.624. The van der Waals surface area contributed by atoms with Crippen molar-refractivity contribution in [2.24, 2.45) is 0 Å². The van der Waals surface area contributed by atoms with E-state index in [0.29, 0.717) is 13.1 Å². The highest BCUT2D eigenvalue weighted by Gasteiger charge is 2.22. The van der Waals surface area contributed by atoms with Crippen molar-refractivity contribution in [1.82, 2.24) is 10.2 Å². The second-order valence-corrected chi connectivity index (χ2v) is 4.27. The Bertz CT molecular complexity index is 246. The zero-order valence-electron chi connectivity index (χ0n) is 9.74. The van der Waals surface area contributed by atoms with Gasteiger partial charge in [0, 0.05) is 19.6 Å². The number of rotatable bonds is 2. The average molecular weight is 228 g/mol. The molecule has 2 amide bonds. The molecule has 1 aliphatic rings. The molecular formula is C11H20N2O3. The van der Waals surface area contributed by atoms with Crippen LogP contribution in [-0.4, -0.2) is 47.6 Å². The second kappa shape index (κ2) is 6.48. The summed E-state index contributed by atoms with van der Waals surface area (Å²) in [4.78, 5) is 24.7. The van der Waals surface area contributed by atoms with Crippen LogP contribution >= 0.6 is 0 Å². The van der Waals surface area contributed by atoms with Crippen LogP contribution in [0.4, 0.5) is 0 Å². The van der Waals surface area contributed by atoms with E-state index in [9.17, 15) is 9.59 Å². The van der Waals surface area contributed by atoms with E-state index in [-0.39, 0.29) is 6.54 Å². The summed E-state index contributed by atoms with van der Waals surface area (Å²) in [6.07, 6.45) is 3.56. The van der Waals surface area contributed by atoms with E-state index in [2.05, 4.69) is 5.32 Å². The highest BCUT2D eigenvalue weighted by Crippen LogP contribution is 2.09. The Balaban J connectivity index is 2.39. The standard InChI is InChI=1S/C11H20N2O3/c1-9(14)8-12-10(15)11(16)13-6-4-2-3-5-7-13/h9,14H,2-8H2,1H3,(H,12,15). The maximum atomic E-state index is 11.7. The van der Waals surface area contributed by atoms with E-state index < -0.39 is 17.9 Å². The molecule has 0 bridgehead atoms. The number of carbonyl (C=O) groups is 2. The fourth-order valence-corrected chi connectivity index (χ4v) is 1.73. The van der Waals surface area contributed by atoms with E-state index in [0.717, 1.165) is 25.7 Å². The van der Waals surface area contributed by atoms with Gasteiger partial charge >= 0.3 is 11.8 Å². The molecule has 1 rings (SSSR count). The molecule has 0 aromatic carbocycles. The molecule has 1 aliphatic heterocycles. The van der Waals surface area contributed by atoms with Crippen molar-refractivity contribution in [3.05, 3.63) is 0 Å². The summed E-state index contributed by atoms with van der Waals surface area (Å²) in [7, 11) is 0. The van der Waals surface area contributed by atoms with Gasteiger partial charge in [-0.2, -0.15) is 0 Å². The monoisotopic (exact) mass is 228 g/mol. The maximum Gasteiger partial charge on any atom is 0.311 e. The van der Waals surface area contributed by atoms with Crippen LogP contribution in [0, 0.1) is 0 Å². The molecule has 0 aromatic heterocycles. The number of likely N-dealkylation sites (tertiary alicyclic amines) is 1. The molecule has 1 heterocycles. The lowest BCUT2D eigenvalue weighted by molar-refractivity contribution is -0.146. The number of nitrogens with zero attached hydrogens (tertiary/aromatic N) is 1. The van der Waals surface area contributed by atoms with Crippen LogP contribution in [0.1, 0.15) is 32.6 Å². The first-order chi connectivity index (χ1) is 7.61. The van der Waals surface area contributed by atoms with Crippen LogP contribution in [0.2, 0.25) is 0 Å². The summed E-state index contributed by atoms with van der Waals surface area (Å²) >= 11 is 0. The van der Waals surface area contributed by atoms with Gasteiger partial charge < -0.3 is 15.3 Å². The van der Waals surface area contributed by atoms with E-state index in [1.54, 1.807) is 11.8 Å². The van der Waals surface area contributed by atoms with Crippen LogP contribution in [-0.2, 0) is 9.59 Å². The highest BCUT2D eigenvalue weighted by atomic mass is 16.3. The summed E-state index contributed by atoms with van der Waals surface area (Å²) in [5.74, 6) is -1.08. The average Bonchev–Trinajstić information content (AvgIpc) is 2.53. The number of aliphatic hydroxyl groups excluding tert-OH is 1. The predicted octanol–water partition coefficient (Wildman–Crippen LogP) is -0.114. The van der Waals surface area contributed by atoms with Crippen molar-refractivity contribution < 1.29 is 14.7 Å². The Morgan fingerprint density at radius 1 is 1.25 bits per heavy atom. The Labute approximate surface area is 95.8 Å². The van der Waals surface area contributed by atoms with Gasteiger partial charge in [0.25, 0.3) is 0 Å². The number of hydrogen-bond acceptors (Lipinski definition) is 3. The first kappa shape index (κ1) is 13.0. The van der Waals surface area contributed by atoms with E-state index >= 15 is 0 Å². The van der Waals surface area contributed by atoms with Gasteiger partial charge in [-0.05, 0) is 19.8 Å². The van der Waals surface area contributed by atoms with Crippen LogP contribution in [0.5, 0.6) is 0 Å². The van der Waals surface area contributed by atoms with Gasteiger partial charge in [0.1, 0.15) is 0 Å². The third kappa shape index (κ3) is 4.18. The Morgan fingerprint density at radius 2 is 1.81 bits per heavy atom. The van der Waals surface area contributed by atoms with E-state index in [4.69, 9.17) is 5.11 Å². The van der Waals surface area contributed by atoms with Crippen LogP contribution in [0.25, 0.3) is 0 Å². The fourth-order valence-electron chi connectivity index (χ4n) is 1.73. The number of amides is 2. The highest BCUT2D eigenvalue weighted by molar-refractivity contribution is 6.35. The third-order valence-corrected chi connectivity index (χ3v) is 2.65. The molecule has 1 unspecified atom stereocenters. The van der Waals surface area contributed by atoms with Gasteiger partial charge in [-0.25, -0.2) is 0 Å². The number of carbonyl (C=O) groups excluding carboxylic acids is 2. The quantitative estimate of drug-likeness (QED) is 0.648. The molecule has 16 heavy (non-hydrogen) atoms. The van der Waals surface area contributed by atoms with Crippen molar-refractivity contribution in [2.45, 2.75) is 38.7 Å². The molecule has 2 N–H and O–H groups in total. The smallest absolute Gasteiger partial charge is 0.311 e. The first-order valence-corrected chi connectivity index (χ1v) is 5.86. The number of aliphatic hydroxyl groups is 1. The number of nitrogens with one attached hydrogen (secondary N) is 1. The van der Waals surface area contributed by atoms with Gasteiger partial charge in [-0.15, -0.1) is 0 Å². The molecule has 0 saturated carbocycles. The van der Waals surface area contributed by atoms with Crippen LogP contribution in [0.15, 0.2) is 0 Å². The molecule has 1 fully saturated rings. The fraction of sp³-hybridized carbons (Fsp3) is 0.818. The van der Waals surface area contributed by atoms with Gasteiger partial charge in [-0.3, -0.25) is 9.59 Å².